The Hall–Kier alpha value is -0.780. The molecule has 4 nitrogen and oxygen atoms in total. The number of unbranched alkanes of at least 4 members (excludes halogenated alkanes) is 1. The molecule has 0 amide bonds. The number of halogens is 1. The van der Waals surface area contributed by atoms with Crippen molar-refractivity contribution in [2.75, 3.05) is 18.7 Å². The molecule has 1 fully saturated rings. The number of hydrogen-bond acceptors (Lipinski definition) is 3. The molecule has 1 unspecified atom stereocenters. The fraction of sp³-hybridized carbons (Fsp3) is 0.600. The Kier molecular flexibility index (Phi) is 5.90. The smallest absolute Gasteiger partial charge is 0.212 e. The second kappa shape index (κ2) is 7.47. The molecule has 1 saturated carbocycles. The van der Waals surface area contributed by atoms with Crippen LogP contribution in [-0.2, 0) is 10.0 Å². The van der Waals surface area contributed by atoms with Crippen molar-refractivity contribution in [1.82, 2.24) is 4.72 Å². The van der Waals surface area contributed by atoms with Gasteiger partial charge in [0.15, 0.2) is 0 Å². The second-order valence-electron chi connectivity index (χ2n) is 5.42. The lowest BCUT2D eigenvalue weighted by Crippen LogP contribution is -2.32. The van der Waals surface area contributed by atoms with Crippen molar-refractivity contribution in [3.63, 3.8) is 0 Å². The van der Waals surface area contributed by atoms with Crippen molar-refractivity contribution in [2.45, 2.75) is 31.7 Å². The Bertz CT molecular complexity index is 541. The molecule has 1 aromatic rings. The highest BCUT2D eigenvalue weighted by atomic mass is 35.5. The van der Waals surface area contributed by atoms with Gasteiger partial charge in [0.05, 0.1) is 12.9 Å². The standard InChI is InChI=1S/C15H22ClNO3S/c1-20-14-8-6-13(7-9-14)15(12-4-5-12)17-21(18,19)11-3-2-10-16/h6-9,12,15,17H,2-5,10-11H2,1H3. The fourth-order valence-corrected chi connectivity index (χ4v) is 3.92. The summed E-state index contributed by atoms with van der Waals surface area (Å²) in [7, 11) is -1.64. The number of hydrogen-bond donors (Lipinski definition) is 1. The van der Waals surface area contributed by atoms with E-state index in [9.17, 15) is 8.42 Å². The summed E-state index contributed by atoms with van der Waals surface area (Å²) < 4.78 is 32.3. The van der Waals surface area contributed by atoms with Gasteiger partial charge in [0.1, 0.15) is 5.75 Å². The summed E-state index contributed by atoms with van der Waals surface area (Å²) >= 11 is 5.59. The summed E-state index contributed by atoms with van der Waals surface area (Å²) in [5.41, 5.74) is 0.999. The third-order valence-corrected chi connectivity index (χ3v) is 5.38. The van der Waals surface area contributed by atoms with Crippen LogP contribution in [0.1, 0.15) is 37.3 Å². The topological polar surface area (TPSA) is 55.4 Å². The normalized spacial score (nSPS) is 16.7. The first-order chi connectivity index (χ1) is 10.1. The molecule has 0 heterocycles. The van der Waals surface area contributed by atoms with Crippen LogP contribution in [0, 0.1) is 5.92 Å². The van der Waals surface area contributed by atoms with Crippen LogP contribution in [0.25, 0.3) is 0 Å². The van der Waals surface area contributed by atoms with Crippen LogP contribution < -0.4 is 9.46 Å². The summed E-state index contributed by atoms with van der Waals surface area (Å²) in [5.74, 6) is 1.82. The molecular formula is C15H22ClNO3S. The monoisotopic (exact) mass is 331 g/mol. The Morgan fingerprint density at radius 3 is 2.48 bits per heavy atom. The van der Waals surface area contributed by atoms with E-state index in [4.69, 9.17) is 16.3 Å². The quantitative estimate of drug-likeness (QED) is 0.559. The lowest BCUT2D eigenvalue weighted by atomic mass is 10.0. The van der Waals surface area contributed by atoms with Gasteiger partial charge in [-0.25, -0.2) is 13.1 Å². The van der Waals surface area contributed by atoms with E-state index in [1.54, 1.807) is 7.11 Å². The molecule has 0 spiro atoms. The maximum Gasteiger partial charge on any atom is 0.212 e. The van der Waals surface area contributed by atoms with E-state index in [1.165, 1.54) is 0 Å². The third kappa shape index (κ3) is 5.16. The van der Waals surface area contributed by atoms with Gasteiger partial charge in [0.25, 0.3) is 0 Å². The van der Waals surface area contributed by atoms with E-state index < -0.39 is 10.0 Å². The number of nitrogens with one attached hydrogen (secondary N) is 1. The van der Waals surface area contributed by atoms with Crippen molar-refractivity contribution < 1.29 is 13.2 Å². The average Bonchev–Trinajstić information content (AvgIpc) is 3.30. The predicted octanol–water partition coefficient (Wildman–Crippen LogP) is 3.08. The zero-order chi connectivity index (χ0) is 15.3. The van der Waals surface area contributed by atoms with Gasteiger partial charge in [-0.15, -0.1) is 11.6 Å². The molecule has 1 atom stereocenters. The van der Waals surface area contributed by atoms with Gasteiger partial charge in [-0.3, -0.25) is 0 Å². The molecule has 0 bridgehead atoms. The van der Waals surface area contributed by atoms with Crippen molar-refractivity contribution in [3.8, 4) is 5.75 Å². The highest BCUT2D eigenvalue weighted by Crippen LogP contribution is 2.41. The third-order valence-electron chi connectivity index (χ3n) is 3.67. The molecule has 0 aliphatic heterocycles. The minimum atomic E-state index is -3.26. The molecule has 0 saturated heterocycles. The Labute approximate surface area is 131 Å². The number of benzene rings is 1. The van der Waals surface area contributed by atoms with Gasteiger partial charge in [-0.1, -0.05) is 12.1 Å². The first kappa shape index (κ1) is 16.6. The largest absolute Gasteiger partial charge is 0.497 e. The van der Waals surface area contributed by atoms with Crippen LogP contribution >= 0.6 is 11.6 Å². The van der Waals surface area contributed by atoms with Crippen molar-refractivity contribution in [1.29, 1.82) is 0 Å². The minimum Gasteiger partial charge on any atom is -0.497 e. The van der Waals surface area contributed by atoms with Crippen molar-refractivity contribution >= 4 is 21.6 Å². The summed E-state index contributed by atoms with van der Waals surface area (Å²) in [6.07, 6.45) is 3.46. The van der Waals surface area contributed by atoms with E-state index in [0.29, 0.717) is 18.2 Å². The predicted molar refractivity (Wildman–Crippen MR) is 85.3 cm³/mol. The average molecular weight is 332 g/mol. The number of rotatable bonds is 9. The van der Waals surface area contributed by atoms with Crippen LogP contribution in [0.5, 0.6) is 5.75 Å². The fourth-order valence-electron chi connectivity index (χ4n) is 2.32. The van der Waals surface area contributed by atoms with E-state index >= 15 is 0 Å². The van der Waals surface area contributed by atoms with Gasteiger partial charge in [-0.05, 0) is 49.3 Å². The molecule has 6 heteroatoms. The highest BCUT2D eigenvalue weighted by Gasteiger charge is 2.34. The van der Waals surface area contributed by atoms with Gasteiger partial charge >= 0.3 is 0 Å². The molecule has 118 valence electrons. The number of methoxy groups -OCH3 is 1. The van der Waals surface area contributed by atoms with E-state index in [0.717, 1.165) is 30.6 Å². The Balaban J connectivity index is 2.05. The maximum atomic E-state index is 12.2. The first-order valence-electron chi connectivity index (χ1n) is 7.25. The van der Waals surface area contributed by atoms with Gasteiger partial charge in [0.2, 0.25) is 10.0 Å². The molecule has 1 aromatic carbocycles. The molecule has 1 aliphatic carbocycles. The van der Waals surface area contributed by atoms with Crippen molar-refractivity contribution in [2.24, 2.45) is 5.92 Å². The molecule has 0 aromatic heterocycles. The second-order valence-corrected chi connectivity index (χ2v) is 7.67. The number of alkyl halides is 1. The zero-order valence-corrected chi connectivity index (χ0v) is 13.8. The van der Waals surface area contributed by atoms with Crippen LogP contribution in [0.15, 0.2) is 24.3 Å². The molecule has 1 aliphatic rings. The number of sulfonamides is 1. The summed E-state index contributed by atoms with van der Waals surface area (Å²) in [6, 6.07) is 7.47. The SMILES string of the molecule is COc1ccc(C(NS(=O)(=O)CCCCCl)C2CC2)cc1. The molecule has 2 rings (SSSR count). The summed E-state index contributed by atoms with van der Waals surface area (Å²) in [4.78, 5) is 0. The van der Waals surface area contributed by atoms with E-state index in [-0.39, 0.29) is 11.8 Å². The van der Waals surface area contributed by atoms with Crippen LogP contribution in [0.4, 0.5) is 0 Å². The Morgan fingerprint density at radius 1 is 1.29 bits per heavy atom. The van der Waals surface area contributed by atoms with Gasteiger partial charge < -0.3 is 4.74 Å². The molecule has 1 N–H and O–H groups in total. The summed E-state index contributed by atoms with van der Waals surface area (Å²) in [6.45, 7) is 0. The van der Waals surface area contributed by atoms with Crippen LogP contribution in [-0.4, -0.2) is 27.2 Å². The lowest BCUT2D eigenvalue weighted by molar-refractivity contribution is 0.414. The Morgan fingerprint density at radius 2 is 1.95 bits per heavy atom. The lowest BCUT2D eigenvalue weighted by Gasteiger charge is -2.19. The molecule has 21 heavy (non-hydrogen) atoms. The van der Waals surface area contributed by atoms with E-state index in [1.807, 2.05) is 24.3 Å². The molecular weight excluding hydrogens is 310 g/mol. The van der Waals surface area contributed by atoms with Crippen molar-refractivity contribution in [3.05, 3.63) is 29.8 Å². The highest BCUT2D eigenvalue weighted by molar-refractivity contribution is 7.89. The van der Waals surface area contributed by atoms with Crippen LogP contribution in [0.2, 0.25) is 0 Å². The van der Waals surface area contributed by atoms with Gasteiger partial charge in [0, 0.05) is 11.9 Å². The maximum absolute atomic E-state index is 12.2. The zero-order valence-electron chi connectivity index (χ0n) is 12.2. The van der Waals surface area contributed by atoms with Crippen LogP contribution in [0.3, 0.4) is 0 Å². The summed E-state index contributed by atoms with van der Waals surface area (Å²) in [5, 5.41) is 0. The van der Waals surface area contributed by atoms with Gasteiger partial charge in [-0.2, -0.15) is 0 Å². The molecule has 0 radical (unpaired) electrons. The number of ether oxygens (including phenoxy) is 1. The van der Waals surface area contributed by atoms with E-state index in [2.05, 4.69) is 4.72 Å². The first-order valence-corrected chi connectivity index (χ1v) is 9.44. The minimum absolute atomic E-state index is 0.128.